The number of nitrogens with one attached hydrogen (secondary N) is 1. The lowest BCUT2D eigenvalue weighted by molar-refractivity contribution is 0.0563. The van der Waals surface area contributed by atoms with Crippen LogP contribution in [0.2, 0.25) is 0 Å². The molecule has 5 nitrogen and oxygen atoms in total. The van der Waals surface area contributed by atoms with E-state index in [1.165, 1.54) is 13.4 Å². The molecule has 1 atom stereocenters. The number of carbonyl (C=O) groups is 1. The molecule has 0 aliphatic rings. The number of hydrogen-bond donors (Lipinski definition) is 1. The third kappa shape index (κ3) is 3.64. The van der Waals surface area contributed by atoms with E-state index in [2.05, 4.69) is 17.0 Å². The van der Waals surface area contributed by atoms with Gasteiger partial charge in [-0.15, -0.1) is 0 Å². The molecule has 5 heteroatoms. The van der Waals surface area contributed by atoms with Crippen molar-refractivity contribution < 1.29 is 18.7 Å². The summed E-state index contributed by atoms with van der Waals surface area (Å²) in [4.78, 5) is 11.5. The van der Waals surface area contributed by atoms with Gasteiger partial charge in [-0.1, -0.05) is 12.1 Å². The van der Waals surface area contributed by atoms with Crippen LogP contribution in [0.25, 0.3) is 0 Å². The highest BCUT2D eigenvalue weighted by Gasteiger charge is 2.16. The predicted octanol–water partition coefficient (Wildman–Crippen LogP) is 2.93. The molecular weight excluding hydrogens is 270 g/mol. The molecule has 2 aromatic rings. The first kappa shape index (κ1) is 15.1. The van der Waals surface area contributed by atoms with Gasteiger partial charge in [-0.25, -0.2) is 4.79 Å². The van der Waals surface area contributed by atoms with Crippen LogP contribution in [0.5, 0.6) is 5.75 Å². The Bertz CT molecular complexity index is 589. The van der Waals surface area contributed by atoms with Gasteiger partial charge in [0.2, 0.25) is 5.76 Å². The van der Waals surface area contributed by atoms with E-state index in [0.717, 1.165) is 16.9 Å². The fourth-order valence-electron chi connectivity index (χ4n) is 2.02. The van der Waals surface area contributed by atoms with E-state index in [1.807, 2.05) is 24.3 Å². The lowest BCUT2D eigenvalue weighted by Gasteiger charge is -2.14. The summed E-state index contributed by atoms with van der Waals surface area (Å²) in [7, 11) is 2.98. The van der Waals surface area contributed by atoms with Crippen molar-refractivity contribution in [2.45, 2.75) is 19.5 Å². The molecule has 0 saturated carbocycles. The first-order chi connectivity index (χ1) is 10.2. The smallest absolute Gasteiger partial charge is 0.374 e. The summed E-state index contributed by atoms with van der Waals surface area (Å²) in [6.07, 6.45) is 1.49. The van der Waals surface area contributed by atoms with Crippen LogP contribution < -0.4 is 10.1 Å². The summed E-state index contributed by atoms with van der Waals surface area (Å²) in [5, 5.41) is 3.35. The van der Waals surface area contributed by atoms with Gasteiger partial charge in [-0.3, -0.25) is 0 Å². The second-order valence-electron chi connectivity index (χ2n) is 4.64. The molecule has 0 bridgehead atoms. The third-order valence-electron chi connectivity index (χ3n) is 3.33. The SMILES string of the molecule is COC(=O)c1occc1CN[C@@H](C)c1ccc(OC)cc1. The van der Waals surface area contributed by atoms with Crippen LogP contribution in [0.15, 0.2) is 41.0 Å². The van der Waals surface area contributed by atoms with Gasteiger partial charge in [0.25, 0.3) is 0 Å². The molecule has 1 N–H and O–H groups in total. The number of hydrogen-bond acceptors (Lipinski definition) is 5. The van der Waals surface area contributed by atoms with Crippen molar-refractivity contribution in [3.05, 3.63) is 53.5 Å². The second-order valence-corrected chi connectivity index (χ2v) is 4.64. The molecule has 21 heavy (non-hydrogen) atoms. The van der Waals surface area contributed by atoms with Gasteiger partial charge in [-0.05, 0) is 30.7 Å². The van der Waals surface area contributed by atoms with Gasteiger partial charge in [0, 0.05) is 18.2 Å². The number of methoxy groups -OCH3 is 2. The zero-order chi connectivity index (χ0) is 15.2. The second kappa shape index (κ2) is 6.95. The quantitative estimate of drug-likeness (QED) is 0.828. The van der Waals surface area contributed by atoms with Crippen LogP contribution in [-0.4, -0.2) is 20.2 Å². The number of rotatable bonds is 6. The zero-order valence-electron chi connectivity index (χ0n) is 12.4. The number of carbonyl (C=O) groups excluding carboxylic acids is 1. The normalized spacial score (nSPS) is 12.0. The number of ether oxygens (including phenoxy) is 2. The molecule has 0 fully saturated rings. The molecular formula is C16H19NO4. The van der Waals surface area contributed by atoms with Gasteiger partial charge in [0.15, 0.2) is 0 Å². The molecule has 1 aromatic carbocycles. The minimum atomic E-state index is -0.464. The van der Waals surface area contributed by atoms with E-state index < -0.39 is 5.97 Å². The third-order valence-corrected chi connectivity index (χ3v) is 3.33. The Labute approximate surface area is 123 Å². The van der Waals surface area contributed by atoms with E-state index in [4.69, 9.17) is 9.15 Å². The van der Waals surface area contributed by atoms with E-state index in [9.17, 15) is 4.79 Å². The van der Waals surface area contributed by atoms with Crippen LogP contribution >= 0.6 is 0 Å². The summed E-state index contributed by atoms with van der Waals surface area (Å²) in [5.74, 6) is 0.606. The van der Waals surface area contributed by atoms with Crippen molar-refractivity contribution in [3.8, 4) is 5.75 Å². The molecule has 1 aromatic heterocycles. The van der Waals surface area contributed by atoms with Crippen LogP contribution in [0, 0.1) is 0 Å². The van der Waals surface area contributed by atoms with Crippen molar-refractivity contribution >= 4 is 5.97 Å². The highest BCUT2D eigenvalue weighted by atomic mass is 16.5. The molecule has 2 rings (SSSR count). The lowest BCUT2D eigenvalue weighted by atomic mass is 10.1. The van der Waals surface area contributed by atoms with Gasteiger partial charge < -0.3 is 19.2 Å². The standard InChI is InChI=1S/C16H19NO4/c1-11(12-4-6-14(19-2)7-5-12)17-10-13-8-9-21-15(13)16(18)20-3/h4-9,11,17H,10H2,1-3H3/t11-/m0/s1. The van der Waals surface area contributed by atoms with Crippen molar-refractivity contribution in [3.63, 3.8) is 0 Å². The summed E-state index contributed by atoms with van der Waals surface area (Å²) < 4.78 is 15.0. The fraction of sp³-hybridized carbons (Fsp3) is 0.312. The molecule has 0 unspecified atom stereocenters. The Morgan fingerprint density at radius 2 is 1.95 bits per heavy atom. The summed E-state index contributed by atoms with van der Waals surface area (Å²) >= 11 is 0. The van der Waals surface area contributed by atoms with Crippen LogP contribution in [0.1, 0.15) is 34.6 Å². The van der Waals surface area contributed by atoms with Crippen molar-refractivity contribution in [1.29, 1.82) is 0 Å². The molecule has 0 aliphatic heterocycles. The van der Waals surface area contributed by atoms with Gasteiger partial charge >= 0.3 is 5.97 Å². The van der Waals surface area contributed by atoms with Crippen LogP contribution in [0.3, 0.4) is 0 Å². The van der Waals surface area contributed by atoms with Crippen LogP contribution in [-0.2, 0) is 11.3 Å². The molecule has 0 radical (unpaired) electrons. The molecule has 0 aliphatic carbocycles. The maximum atomic E-state index is 11.5. The molecule has 0 saturated heterocycles. The van der Waals surface area contributed by atoms with Crippen LogP contribution in [0.4, 0.5) is 0 Å². The molecule has 112 valence electrons. The minimum absolute atomic E-state index is 0.135. The van der Waals surface area contributed by atoms with Crippen molar-refractivity contribution in [2.24, 2.45) is 0 Å². The van der Waals surface area contributed by atoms with E-state index in [-0.39, 0.29) is 11.8 Å². The number of benzene rings is 1. The monoisotopic (exact) mass is 289 g/mol. The number of furan rings is 1. The lowest BCUT2D eigenvalue weighted by Crippen LogP contribution is -2.19. The summed E-state index contributed by atoms with van der Waals surface area (Å²) in [6.45, 7) is 2.58. The molecule has 0 amide bonds. The average molecular weight is 289 g/mol. The van der Waals surface area contributed by atoms with Crippen molar-refractivity contribution in [2.75, 3.05) is 14.2 Å². The van der Waals surface area contributed by atoms with Gasteiger partial charge in [-0.2, -0.15) is 0 Å². The fourth-order valence-corrected chi connectivity index (χ4v) is 2.02. The minimum Gasteiger partial charge on any atom is -0.497 e. The van der Waals surface area contributed by atoms with Gasteiger partial charge in [0.1, 0.15) is 5.75 Å². The van der Waals surface area contributed by atoms with E-state index in [0.29, 0.717) is 6.54 Å². The zero-order valence-corrected chi connectivity index (χ0v) is 12.4. The van der Waals surface area contributed by atoms with E-state index >= 15 is 0 Å². The Morgan fingerprint density at radius 1 is 1.24 bits per heavy atom. The Kier molecular flexibility index (Phi) is 5.00. The molecule has 1 heterocycles. The maximum Gasteiger partial charge on any atom is 0.374 e. The highest BCUT2D eigenvalue weighted by molar-refractivity contribution is 5.87. The van der Waals surface area contributed by atoms with E-state index in [1.54, 1.807) is 13.2 Å². The maximum absolute atomic E-state index is 11.5. The summed E-state index contributed by atoms with van der Waals surface area (Å²) in [5.41, 5.74) is 1.92. The highest BCUT2D eigenvalue weighted by Crippen LogP contribution is 2.18. The first-order valence-electron chi connectivity index (χ1n) is 6.67. The van der Waals surface area contributed by atoms with Gasteiger partial charge in [0.05, 0.1) is 20.5 Å². The Balaban J connectivity index is 1.99. The molecule has 0 spiro atoms. The predicted molar refractivity (Wildman–Crippen MR) is 78.3 cm³/mol. The first-order valence-corrected chi connectivity index (χ1v) is 6.67. The Hall–Kier alpha value is -2.27. The number of esters is 1. The Morgan fingerprint density at radius 3 is 2.57 bits per heavy atom. The topological polar surface area (TPSA) is 60.7 Å². The average Bonchev–Trinajstić information content (AvgIpc) is 3.00. The largest absolute Gasteiger partial charge is 0.497 e. The van der Waals surface area contributed by atoms with Crippen molar-refractivity contribution in [1.82, 2.24) is 5.32 Å². The summed E-state index contributed by atoms with van der Waals surface area (Å²) in [6, 6.07) is 9.76.